The number of aromatic nitrogens is 3. The van der Waals surface area contributed by atoms with Crippen LogP contribution in [0.15, 0.2) is 41.6 Å². The lowest BCUT2D eigenvalue weighted by atomic mass is 10.1. The van der Waals surface area contributed by atoms with Gasteiger partial charge in [-0.3, -0.25) is 14.3 Å². The number of hydrogen-bond donors (Lipinski definition) is 0. The molecule has 0 saturated carbocycles. The third-order valence-electron chi connectivity index (χ3n) is 4.37. The summed E-state index contributed by atoms with van der Waals surface area (Å²) in [5, 5.41) is 0. The van der Waals surface area contributed by atoms with Crippen LogP contribution in [-0.4, -0.2) is 59.1 Å². The third kappa shape index (κ3) is 3.51. The molecule has 1 unspecified atom stereocenters. The minimum absolute atomic E-state index is 0.303. The lowest BCUT2D eigenvalue weighted by molar-refractivity contribution is -0.123. The van der Waals surface area contributed by atoms with Crippen molar-refractivity contribution in [2.45, 2.75) is 18.9 Å². The summed E-state index contributed by atoms with van der Waals surface area (Å²) in [6.45, 7) is 0.464. The summed E-state index contributed by atoms with van der Waals surface area (Å²) in [6.07, 6.45) is 6.69. The number of pyridine rings is 1. The molecule has 26 heavy (non-hydrogen) atoms. The van der Waals surface area contributed by atoms with E-state index in [4.69, 9.17) is 0 Å². The second-order valence-electron chi connectivity index (χ2n) is 6.07. The molecule has 0 aliphatic carbocycles. The van der Waals surface area contributed by atoms with E-state index < -0.39 is 21.8 Å². The Hall–Kier alpha value is -2.59. The first-order chi connectivity index (χ1) is 12.3. The van der Waals surface area contributed by atoms with Gasteiger partial charge in [0.2, 0.25) is 15.9 Å². The van der Waals surface area contributed by atoms with E-state index in [0.717, 1.165) is 10.6 Å². The molecule has 2 aromatic heterocycles. The summed E-state index contributed by atoms with van der Waals surface area (Å²) in [5.41, 5.74) is 0.104. The summed E-state index contributed by atoms with van der Waals surface area (Å²) < 4.78 is 26.0. The zero-order valence-corrected chi connectivity index (χ0v) is 15.3. The summed E-state index contributed by atoms with van der Waals surface area (Å²) in [6, 6.07) is 4.20. The van der Waals surface area contributed by atoms with E-state index in [0.29, 0.717) is 30.9 Å². The van der Waals surface area contributed by atoms with E-state index in [-0.39, 0.29) is 5.91 Å². The average molecular weight is 377 g/mol. The fourth-order valence-electron chi connectivity index (χ4n) is 2.89. The van der Waals surface area contributed by atoms with Crippen molar-refractivity contribution in [3.63, 3.8) is 0 Å². The highest BCUT2D eigenvalue weighted by Crippen LogP contribution is 2.23. The highest BCUT2D eigenvalue weighted by molar-refractivity contribution is 7.88. The Kier molecular flexibility index (Phi) is 4.88. The van der Waals surface area contributed by atoms with Crippen LogP contribution in [0.1, 0.15) is 12.8 Å². The Morgan fingerprint density at radius 3 is 2.62 bits per heavy atom. The topological polar surface area (TPSA) is 105 Å². The van der Waals surface area contributed by atoms with Crippen LogP contribution in [0.25, 0.3) is 5.69 Å². The maximum Gasteiger partial charge on any atom is 0.352 e. The van der Waals surface area contributed by atoms with Crippen LogP contribution in [-0.2, 0) is 14.8 Å². The summed E-state index contributed by atoms with van der Waals surface area (Å²) in [7, 11) is -2.06. The first-order valence-corrected chi connectivity index (χ1v) is 9.88. The zero-order chi connectivity index (χ0) is 18.9. The number of carbonyl (C=O) groups is 1. The van der Waals surface area contributed by atoms with Crippen LogP contribution < -0.4 is 10.6 Å². The molecule has 2 aromatic rings. The van der Waals surface area contributed by atoms with Crippen LogP contribution in [0.3, 0.4) is 0 Å². The Bertz CT molecular complexity index is 971. The molecule has 0 bridgehead atoms. The molecule has 0 radical (unpaired) electrons. The van der Waals surface area contributed by atoms with Gasteiger partial charge in [-0.05, 0) is 31.0 Å². The van der Waals surface area contributed by atoms with Crippen molar-refractivity contribution in [3.8, 4) is 5.69 Å². The first-order valence-electron chi connectivity index (χ1n) is 8.03. The highest BCUT2D eigenvalue weighted by atomic mass is 32.2. The molecule has 0 spiro atoms. The zero-order valence-electron chi connectivity index (χ0n) is 14.4. The van der Waals surface area contributed by atoms with Crippen molar-refractivity contribution in [1.82, 2.24) is 18.8 Å². The number of likely N-dealkylation sites (N-methyl/N-ethyl adjacent to an activating group) is 1. The van der Waals surface area contributed by atoms with Gasteiger partial charge >= 0.3 is 5.69 Å². The van der Waals surface area contributed by atoms with Crippen LogP contribution in [0, 0.1) is 0 Å². The molecule has 3 rings (SSSR count). The summed E-state index contributed by atoms with van der Waals surface area (Å²) in [5.74, 6) is 0.116. The molecule has 1 atom stereocenters. The quantitative estimate of drug-likeness (QED) is 0.743. The maximum atomic E-state index is 12.7. The Labute approximate surface area is 151 Å². The number of rotatable bonds is 4. The predicted octanol–water partition coefficient (Wildman–Crippen LogP) is 0.0143. The summed E-state index contributed by atoms with van der Waals surface area (Å²) in [4.78, 5) is 33.9. The van der Waals surface area contributed by atoms with Gasteiger partial charge < -0.3 is 0 Å². The van der Waals surface area contributed by atoms with Crippen molar-refractivity contribution < 1.29 is 13.2 Å². The van der Waals surface area contributed by atoms with Crippen molar-refractivity contribution >= 4 is 21.7 Å². The van der Waals surface area contributed by atoms with E-state index in [1.165, 1.54) is 28.9 Å². The molecule has 1 aliphatic heterocycles. The van der Waals surface area contributed by atoms with Gasteiger partial charge in [-0.1, -0.05) is 0 Å². The van der Waals surface area contributed by atoms with Gasteiger partial charge in [-0.2, -0.15) is 4.31 Å². The van der Waals surface area contributed by atoms with Crippen LogP contribution >= 0.6 is 0 Å². The van der Waals surface area contributed by atoms with E-state index in [9.17, 15) is 18.0 Å². The maximum absolute atomic E-state index is 12.7. The SMILES string of the molecule is CN(C1CCCN(c2ccc(-n3cccnc3=O)cn2)C1=O)S(C)(=O)=O. The third-order valence-corrected chi connectivity index (χ3v) is 5.67. The Balaban J connectivity index is 1.86. The standard InChI is InChI=1S/C16H19N5O4S/c1-19(26(2,24)25)13-5-3-9-21(15(13)22)14-7-6-12(11-18-14)20-10-4-8-17-16(20)23/h4,6-8,10-11,13H,3,5,9H2,1-2H3. The van der Waals surface area contributed by atoms with Gasteiger partial charge in [0.05, 0.1) is 18.1 Å². The van der Waals surface area contributed by atoms with Crippen molar-refractivity contribution in [3.05, 3.63) is 47.3 Å². The highest BCUT2D eigenvalue weighted by Gasteiger charge is 2.36. The van der Waals surface area contributed by atoms with Crippen molar-refractivity contribution in [1.29, 1.82) is 0 Å². The number of amides is 1. The average Bonchev–Trinajstić information content (AvgIpc) is 2.61. The minimum atomic E-state index is -3.47. The molecule has 1 saturated heterocycles. The van der Waals surface area contributed by atoms with Crippen LogP contribution in [0.2, 0.25) is 0 Å². The van der Waals surface area contributed by atoms with E-state index in [1.54, 1.807) is 24.4 Å². The Morgan fingerprint density at radius 2 is 2.00 bits per heavy atom. The number of hydrogen-bond acceptors (Lipinski definition) is 6. The van der Waals surface area contributed by atoms with E-state index in [1.807, 2.05) is 0 Å². The van der Waals surface area contributed by atoms with Crippen molar-refractivity contribution in [2.75, 3.05) is 24.7 Å². The number of nitrogens with zero attached hydrogens (tertiary/aromatic N) is 5. The molecular formula is C16H19N5O4S. The molecule has 1 aliphatic rings. The van der Waals surface area contributed by atoms with E-state index >= 15 is 0 Å². The van der Waals surface area contributed by atoms with Crippen LogP contribution in [0.4, 0.5) is 5.82 Å². The largest absolute Gasteiger partial charge is 0.352 e. The Morgan fingerprint density at radius 1 is 1.23 bits per heavy atom. The van der Waals surface area contributed by atoms with Gasteiger partial charge in [0.15, 0.2) is 0 Å². The molecule has 10 heteroatoms. The molecule has 1 amide bonds. The molecule has 3 heterocycles. The van der Waals surface area contributed by atoms with Gasteiger partial charge in [0.25, 0.3) is 0 Å². The van der Waals surface area contributed by atoms with Crippen molar-refractivity contribution in [2.24, 2.45) is 0 Å². The van der Waals surface area contributed by atoms with Gasteiger partial charge in [0.1, 0.15) is 11.9 Å². The first kappa shape index (κ1) is 18.2. The van der Waals surface area contributed by atoms with Gasteiger partial charge in [-0.25, -0.2) is 23.2 Å². The molecule has 0 aromatic carbocycles. The monoisotopic (exact) mass is 377 g/mol. The smallest absolute Gasteiger partial charge is 0.295 e. The second kappa shape index (κ2) is 6.96. The molecule has 1 fully saturated rings. The normalized spacial score (nSPS) is 18.3. The number of carbonyl (C=O) groups excluding carboxylic acids is 1. The van der Waals surface area contributed by atoms with Gasteiger partial charge in [0, 0.05) is 26.0 Å². The van der Waals surface area contributed by atoms with E-state index in [2.05, 4.69) is 9.97 Å². The summed E-state index contributed by atoms with van der Waals surface area (Å²) >= 11 is 0. The molecular weight excluding hydrogens is 358 g/mol. The number of anilines is 1. The lowest BCUT2D eigenvalue weighted by Gasteiger charge is -2.35. The van der Waals surface area contributed by atoms with Crippen LogP contribution in [0.5, 0.6) is 0 Å². The number of piperidine rings is 1. The fraction of sp³-hybridized carbons (Fsp3) is 0.375. The predicted molar refractivity (Wildman–Crippen MR) is 95.6 cm³/mol. The second-order valence-corrected chi connectivity index (χ2v) is 8.12. The number of sulfonamides is 1. The molecule has 0 N–H and O–H groups in total. The fourth-order valence-corrected chi connectivity index (χ4v) is 3.54. The van der Waals surface area contributed by atoms with Gasteiger partial charge in [-0.15, -0.1) is 0 Å². The molecule has 9 nitrogen and oxygen atoms in total. The minimum Gasteiger partial charge on any atom is -0.295 e. The lowest BCUT2D eigenvalue weighted by Crippen LogP contribution is -2.53. The molecule has 138 valence electrons.